The molecule has 140 valence electrons. The lowest BCUT2D eigenvalue weighted by atomic mass is 10.0. The van der Waals surface area contributed by atoms with E-state index in [2.05, 4.69) is 48.7 Å². The topological polar surface area (TPSA) is 50.4 Å². The van der Waals surface area contributed by atoms with Crippen LogP contribution in [0, 0.1) is 0 Å². The molecule has 0 spiro atoms. The Hall–Kier alpha value is -1.55. The second-order valence-corrected chi connectivity index (χ2v) is 8.17. The molecule has 0 aliphatic heterocycles. The second-order valence-electron chi connectivity index (χ2n) is 8.17. The summed E-state index contributed by atoms with van der Waals surface area (Å²) in [6.45, 7) is 10.1. The van der Waals surface area contributed by atoms with Crippen LogP contribution >= 0.6 is 0 Å². The number of hydrogen-bond donors (Lipinski definition) is 2. The molecule has 1 aliphatic carbocycles. The number of amides is 1. The van der Waals surface area contributed by atoms with Crippen LogP contribution < -0.4 is 10.6 Å². The molecule has 0 radical (unpaired) electrons. The van der Waals surface area contributed by atoms with Gasteiger partial charge in [0.1, 0.15) is 5.60 Å². The van der Waals surface area contributed by atoms with Gasteiger partial charge in [0.25, 0.3) is 0 Å². The highest BCUT2D eigenvalue weighted by Crippen LogP contribution is 2.24. The lowest BCUT2D eigenvalue weighted by Gasteiger charge is -2.27. The van der Waals surface area contributed by atoms with Crippen LogP contribution in [0.2, 0.25) is 0 Å². The van der Waals surface area contributed by atoms with Gasteiger partial charge in [-0.2, -0.15) is 0 Å². The van der Waals surface area contributed by atoms with E-state index < -0.39 is 5.60 Å². The maximum Gasteiger partial charge on any atom is 0.407 e. The first-order chi connectivity index (χ1) is 11.8. The monoisotopic (exact) mass is 346 g/mol. The summed E-state index contributed by atoms with van der Waals surface area (Å²) in [6, 6.07) is 9.57. The number of hydrogen-bond acceptors (Lipinski definition) is 3. The minimum Gasteiger partial charge on any atom is -0.444 e. The number of ether oxygens (including phenoxy) is 1. The first kappa shape index (κ1) is 19.8. The van der Waals surface area contributed by atoms with Crippen molar-refractivity contribution in [1.82, 2.24) is 10.6 Å². The molecule has 2 rings (SSSR count). The van der Waals surface area contributed by atoms with Crippen molar-refractivity contribution in [3.05, 3.63) is 35.4 Å². The number of alkyl carbamates (subject to hydrolysis) is 1. The molecular formula is C21H34N2O2. The van der Waals surface area contributed by atoms with Gasteiger partial charge in [0.15, 0.2) is 0 Å². The molecule has 1 aromatic carbocycles. The Morgan fingerprint density at radius 1 is 1.20 bits per heavy atom. The van der Waals surface area contributed by atoms with Gasteiger partial charge in [-0.25, -0.2) is 4.79 Å². The molecule has 25 heavy (non-hydrogen) atoms. The molecule has 3 atom stereocenters. The predicted octanol–water partition coefficient (Wildman–Crippen LogP) is 4.74. The fourth-order valence-electron chi connectivity index (χ4n) is 3.47. The highest BCUT2D eigenvalue weighted by atomic mass is 16.6. The highest BCUT2D eigenvalue weighted by molar-refractivity contribution is 5.68. The van der Waals surface area contributed by atoms with Crippen LogP contribution in [0.25, 0.3) is 0 Å². The molecule has 4 heteroatoms. The van der Waals surface area contributed by atoms with E-state index >= 15 is 0 Å². The van der Waals surface area contributed by atoms with Gasteiger partial charge in [0.2, 0.25) is 0 Å². The van der Waals surface area contributed by atoms with Crippen LogP contribution in [0.4, 0.5) is 4.79 Å². The van der Waals surface area contributed by atoms with Gasteiger partial charge in [0, 0.05) is 18.1 Å². The number of aryl methyl sites for hydroxylation is 1. The molecule has 1 aromatic rings. The second kappa shape index (κ2) is 8.70. The number of benzene rings is 1. The van der Waals surface area contributed by atoms with E-state index in [1.807, 2.05) is 20.8 Å². The fraction of sp³-hybridized carbons (Fsp3) is 0.667. The first-order valence-corrected chi connectivity index (χ1v) is 9.63. The lowest BCUT2D eigenvalue weighted by Crippen LogP contribution is -2.48. The van der Waals surface area contributed by atoms with Gasteiger partial charge in [-0.1, -0.05) is 37.6 Å². The predicted molar refractivity (Wildman–Crippen MR) is 103 cm³/mol. The van der Waals surface area contributed by atoms with Crippen LogP contribution in [0.5, 0.6) is 0 Å². The molecule has 0 saturated heterocycles. The van der Waals surface area contributed by atoms with Gasteiger partial charge in [-0.05, 0) is 64.5 Å². The van der Waals surface area contributed by atoms with Crippen molar-refractivity contribution < 1.29 is 9.53 Å². The molecule has 1 saturated carbocycles. The number of rotatable bonds is 6. The van der Waals surface area contributed by atoms with Gasteiger partial charge in [-0.15, -0.1) is 0 Å². The van der Waals surface area contributed by atoms with E-state index in [-0.39, 0.29) is 24.2 Å². The number of carbonyl (C=O) groups is 1. The number of carbonyl (C=O) groups excluding carboxylic acids is 1. The Balaban J connectivity index is 1.90. The summed E-state index contributed by atoms with van der Waals surface area (Å²) in [5, 5.41) is 6.74. The van der Waals surface area contributed by atoms with E-state index in [1.165, 1.54) is 17.5 Å². The van der Waals surface area contributed by atoms with Crippen molar-refractivity contribution in [3.63, 3.8) is 0 Å². The Kier molecular flexibility index (Phi) is 6.88. The van der Waals surface area contributed by atoms with Crippen LogP contribution in [-0.2, 0) is 11.2 Å². The van der Waals surface area contributed by atoms with Crippen molar-refractivity contribution in [2.45, 2.75) is 90.4 Å². The minimum absolute atomic E-state index is 0.136. The van der Waals surface area contributed by atoms with Crippen LogP contribution in [-0.4, -0.2) is 23.8 Å². The molecule has 3 unspecified atom stereocenters. The van der Waals surface area contributed by atoms with E-state index in [4.69, 9.17) is 4.74 Å². The third kappa shape index (κ3) is 6.35. The zero-order valence-electron chi connectivity index (χ0n) is 16.4. The normalized spacial score (nSPS) is 21.8. The van der Waals surface area contributed by atoms with Crippen molar-refractivity contribution in [2.24, 2.45) is 0 Å². The molecule has 0 bridgehead atoms. The lowest BCUT2D eigenvalue weighted by molar-refractivity contribution is 0.0497. The summed E-state index contributed by atoms with van der Waals surface area (Å²) >= 11 is 0. The Morgan fingerprint density at radius 2 is 1.84 bits per heavy atom. The van der Waals surface area contributed by atoms with E-state index in [1.54, 1.807) is 0 Å². The van der Waals surface area contributed by atoms with Gasteiger partial charge < -0.3 is 15.4 Å². The van der Waals surface area contributed by atoms with Crippen molar-refractivity contribution in [2.75, 3.05) is 0 Å². The van der Waals surface area contributed by atoms with Crippen LogP contribution in [0.1, 0.15) is 77.5 Å². The maximum absolute atomic E-state index is 12.1. The summed E-state index contributed by atoms with van der Waals surface area (Å²) in [6.07, 6.45) is 5.19. The van der Waals surface area contributed by atoms with Crippen LogP contribution in [0.15, 0.2) is 24.3 Å². The summed E-state index contributed by atoms with van der Waals surface area (Å²) in [5.74, 6) is 0. The third-order valence-electron chi connectivity index (χ3n) is 4.70. The van der Waals surface area contributed by atoms with Gasteiger partial charge in [-0.3, -0.25) is 0 Å². The standard InChI is InChI=1S/C21H34N2O2/c1-6-8-16-11-13-17(14-12-16)15(2)22-18-9-7-10-19(18)23-20(24)25-21(3,4)5/h11-15,18-19,22H,6-10H2,1-5H3,(H,23,24). The van der Waals surface area contributed by atoms with Crippen molar-refractivity contribution in [1.29, 1.82) is 0 Å². The molecule has 0 aromatic heterocycles. The molecule has 1 amide bonds. The average Bonchev–Trinajstić information content (AvgIpc) is 2.93. The van der Waals surface area contributed by atoms with Gasteiger partial charge >= 0.3 is 6.09 Å². The summed E-state index contributed by atoms with van der Waals surface area (Å²) < 4.78 is 5.40. The Bertz CT molecular complexity index is 548. The Morgan fingerprint density at radius 3 is 2.44 bits per heavy atom. The molecule has 1 fully saturated rings. The summed E-state index contributed by atoms with van der Waals surface area (Å²) in [5.41, 5.74) is 2.23. The molecule has 2 N–H and O–H groups in total. The third-order valence-corrected chi connectivity index (χ3v) is 4.70. The number of nitrogens with one attached hydrogen (secondary N) is 2. The zero-order valence-corrected chi connectivity index (χ0v) is 16.4. The molecule has 4 nitrogen and oxygen atoms in total. The quantitative estimate of drug-likeness (QED) is 0.782. The van der Waals surface area contributed by atoms with E-state index in [0.29, 0.717) is 0 Å². The van der Waals surface area contributed by atoms with Crippen LogP contribution in [0.3, 0.4) is 0 Å². The highest BCUT2D eigenvalue weighted by Gasteiger charge is 2.31. The smallest absolute Gasteiger partial charge is 0.407 e. The van der Waals surface area contributed by atoms with E-state index in [9.17, 15) is 4.79 Å². The summed E-state index contributed by atoms with van der Waals surface area (Å²) in [7, 11) is 0. The Labute approximate surface area is 152 Å². The largest absolute Gasteiger partial charge is 0.444 e. The van der Waals surface area contributed by atoms with Gasteiger partial charge in [0.05, 0.1) is 0 Å². The minimum atomic E-state index is -0.459. The maximum atomic E-state index is 12.1. The van der Waals surface area contributed by atoms with Crippen molar-refractivity contribution in [3.8, 4) is 0 Å². The molecule has 1 aliphatic rings. The average molecular weight is 347 g/mol. The molecule has 0 heterocycles. The first-order valence-electron chi connectivity index (χ1n) is 9.63. The van der Waals surface area contributed by atoms with E-state index in [0.717, 1.165) is 25.7 Å². The summed E-state index contributed by atoms with van der Waals surface area (Å²) in [4.78, 5) is 12.1. The van der Waals surface area contributed by atoms with Crippen molar-refractivity contribution >= 4 is 6.09 Å². The molecular weight excluding hydrogens is 312 g/mol. The fourth-order valence-corrected chi connectivity index (χ4v) is 3.47. The SMILES string of the molecule is CCCc1ccc(C(C)NC2CCCC2NC(=O)OC(C)(C)C)cc1. The zero-order chi connectivity index (χ0) is 18.4.